The number of benzene rings is 2. The van der Waals surface area contributed by atoms with Gasteiger partial charge in [-0.1, -0.05) is 11.6 Å². The number of amides is 1. The molecule has 1 heterocycles. The second-order valence-electron chi connectivity index (χ2n) is 6.92. The van der Waals surface area contributed by atoms with Crippen LogP contribution in [0.2, 0.25) is 5.02 Å². The molecule has 1 saturated heterocycles. The quantitative estimate of drug-likeness (QED) is 0.358. The van der Waals surface area contributed by atoms with Gasteiger partial charge in [0.25, 0.3) is 11.6 Å². The number of nitrogens with one attached hydrogen (secondary N) is 1. The van der Waals surface area contributed by atoms with Crippen molar-refractivity contribution in [3.63, 3.8) is 0 Å². The molecule has 0 spiro atoms. The predicted octanol–water partition coefficient (Wildman–Crippen LogP) is 4.87. The molecule has 1 amide bonds. The van der Waals surface area contributed by atoms with Gasteiger partial charge in [0.2, 0.25) is 6.23 Å². The number of hydrogen-bond acceptors (Lipinski definition) is 6. The lowest BCUT2D eigenvalue weighted by Crippen LogP contribution is -2.42. The minimum Gasteiger partial charge on any atom is -0.335 e. The molecule has 15 heteroatoms. The minimum atomic E-state index is -5.09. The van der Waals surface area contributed by atoms with E-state index < -0.39 is 64.6 Å². The van der Waals surface area contributed by atoms with E-state index in [-0.39, 0.29) is 10.7 Å². The molecule has 1 fully saturated rings. The summed E-state index contributed by atoms with van der Waals surface area (Å²) in [6.45, 7) is -0.788. The second kappa shape index (κ2) is 8.99. The molecule has 2 aromatic carbocycles. The smallest absolute Gasteiger partial charge is 0.335 e. The Hall–Kier alpha value is -3.57. The molecule has 1 aliphatic heterocycles. The molecule has 2 aromatic rings. The van der Waals surface area contributed by atoms with E-state index in [1.54, 1.807) is 0 Å². The molecule has 0 aromatic heterocycles. The van der Waals surface area contributed by atoms with E-state index in [4.69, 9.17) is 21.6 Å². The van der Waals surface area contributed by atoms with E-state index in [0.717, 1.165) is 30.3 Å². The number of ether oxygens (including phenoxy) is 1. The molecule has 0 aliphatic carbocycles. The van der Waals surface area contributed by atoms with Crippen molar-refractivity contribution >= 4 is 34.6 Å². The second-order valence-corrected chi connectivity index (χ2v) is 7.33. The molecule has 2 atom stereocenters. The van der Waals surface area contributed by atoms with Gasteiger partial charge in [-0.25, -0.2) is 0 Å². The van der Waals surface area contributed by atoms with E-state index in [9.17, 15) is 41.3 Å². The fourth-order valence-corrected chi connectivity index (χ4v) is 3.38. The number of halogens is 7. The molecule has 2 unspecified atom stereocenters. The zero-order valence-electron chi connectivity index (χ0n) is 16.4. The maximum atomic E-state index is 13.6. The molecular formula is C19H11ClF6N4O4. The molecule has 0 radical (unpaired) electrons. The molecule has 1 N–H and O–H groups in total. The molecule has 180 valence electrons. The van der Waals surface area contributed by atoms with Gasteiger partial charge in [0.1, 0.15) is 0 Å². The van der Waals surface area contributed by atoms with Crippen LogP contribution in [0.4, 0.5) is 43.4 Å². The van der Waals surface area contributed by atoms with Crippen LogP contribution in [0, 0.1) is 21.4 Å². The summed E-state index contributed by atoms with van der Waals surface area (Å²) in [6, 6.07) is 6.25. The van der Waals surface area contributed by atoms with E-state index in [2.05, 4.69) is 5.32 Å². The first-order valence-electron chi connectivity index (χ1n) is 9.07. The highest BCUT2D eigenvalue weighted by Crippen LogP contribution is 2.39. The molecule has 8 nitrogen and oxygen atoms in total. The maximum Gasteiger partial charge on any atom is 0.433 e. The standard InChI is InChI=1S/C19H11ClF6N4O4/c20-13-6-11(30(32)33)3-4-14(13)28-16(31)15-8-29(17(34-15)19(24,25)26)10-2-1-9(7-27)12(5-10)18(21,22)23/h1-6,15,17H,8H2,(H,28,31). The summed E-state index contributed by atoms with van der Waals surface area (Å²) in [6.07, 6.45) is -14.7. The lowest BCUT2D eigenvalue weighted by molar-refractivity contribution is -0.384. The molecule has 0 saturated carbocycles. The third kappa shape index (κ3) is 5.15. The van der Waals surface area contributed by atoms with Crippen LogP contribution < -0.4 is 10.2 Å². The van der Waals surface area contributed by atoms with E-state index in [1.807, 2.05) is 0 Å². The van der Waals surface area contributed by atoms with Gasteiger partial charge in [0, 0.05) is 17.8 Å². The number of non-ortho nitro benzene ring substituents is 1. The number of hydrogen-bond donors (Lipinski definition) is 1. The molecule has 0 bridgehead atoms. The van der Waals surface area contributed by atoms with Gasteiger partial charge in [0.05, 0.1) is 39.4 Å². The highest BCUT2D eigenvalue weighted by molar-refractivity contribution is 6.34. The summed E-state index contributed by atoms with van der Waals surface area (Å²) in [5.41, 5.74) is -3.36. The topological polar surface area (TPSA) is 109 Å². The van der Waals surface area contributed by atoms with Crippen LogP contribution in [0.15, 0.2) is 36.4 Å². The number of nitrogens with zero attached hydrogens (tertiary/aromatic N) is 3. The first-order chi connectivity index (χ1) is 15.7. The number of alkyl halides is 6. The van der Waals surface area contributed by atoms with E-state index in [0.29, 0.717) is 11.0 Å². The van der Waals surface area contributed by atoms with Crippen molar-refractivity contribution in [1.82, 2.24) is 0 Å². The Kier molecular flexibility index (Phi) is 6.63. The maximum absolute atomic E-state index is 13.6. The van der Waals surface area contributed by atoms with Crippen LogP contribution in [-0.4, -0.2) is 35.9 Å². The summed E-state index contributed by atoms with van der Waals surface area (Å²) >= 11 is 5.86. The Morgan fingerprint density at radius 1 is 1.21 bits per heavy atom. The summed E-state index contributed by atoms with van der Waals surface area (Å²) in [5, 5.41) is 21.5. The Bertz CT molecular complexity index is 1180. The van der Waals surface area contributed by atoms with Gasteiger partial charge < -0.3 is 15.0 Å². The number of nitriles is 1. The summed E-state index contributed by atoms with van der Waals surface area (Å²) in [5.74, 6) is -1.11. The Balaban J connectivity index is 1.89. The van der Waals surface area contributed by atoms with E-state index >= 15 is 0 Å². The number of nitro benzene ring substituents is 1. The first-order valence-corrected chi connectivity index (χ1v) is 9.45. The monoisotopic (exact) mass is 508 g/mol. The van der Waals surface area contributed by atoms with Crippen molar-refractivity contribution in [2.75, 3.05) is 16.8 Å². The summed E-state index contributed by atoms with van der Waals surface area (Å²) in [7, 11) is 0. The van der Waals surface area contributed by atoms with Crippen molar-refractivity contribution in [2.45, 2.75) is 24.7 Å². The average Bonchev–Trinajstić information content (AvgIpc) is 3.20. The Morgan fingerprint density at radius 2 is 1.88 bits per heavy atom. The van der Waals surface area contributed by atoms with Gasteiger partial charge >= 0.3 is 12.4 Å². The highest BCUT2D eigenvalue weighted by Gasteiger charge is 2.52. The molecular weight excluding hydrogens is 498 g/mol. The van der Waals surface area contributed by atoms with Gasteiger partial charge in [0.15, 0.2) is 6.10 Å². The fourth-order valence-electron chi connectivity index (χ4n) is 3.16. The van der Waals surface area contributed by atoms with Crippen LogP contribution in [0.1, 0.15) is 11.1 Å². The lowest BCUT2D eigenvalue weighted by atomic mass is 10.1. The van der Waals surface area contributed by atoms with Crippen LogP contribution in [0.3, 0.4) is 0 Å². The number of rotatable bonds is 4. The van der Waals surface area contributed by atoms with Gasteiger partial charge in [-0.05, 0) is 24.3 Å². The van der Waals surface area contributed by atoms with Gasteiger partial charge in [-0.15, -0.1) is 0 Å². The van der Waals surface area contributed by atoms with Crippen LogP contribution in [0.25, 0.3) is 0 Å². The largest absolute Gasteiger partial charge is 0.433 e. The predicted molar refractivity (Wildman–Crippen MR) is 105 cm³/mol. The van der Waals surface area contributed by atoms with Crippen LogP contribution in [0.5, 0.6) is 0 Å². The Morgan fingerprint density at radius 3 is 2.41 bits per heavy atom. The zero-order chi connectivity index (χ0) is 25.4. The van der Waals surface area contributed by atoms with Crippen molar-refractivity contribution in [1.29, 1.82) is 5.26 Å². The number of nitro groups is 1. The van der Waals surface area contributed by atoms with Crippen molar-refractivity contribution < 1.29 is 40.8 Å². The lowest BCUT2D eigenvalue weighted by Gasteiger charge is -2.27. The Labute approximate surface area is 191 Å². The van der Waals surface area contributed by atoms with Crippen LogP contribution >= 0.6 is 11.6 Å². The third-order valence-corrected chi connectivity index (χ3v) is 5.01. The first kappa shape index (κ1) is 25.1. The number of carbonyl (C=O) groups excluding carboxylic acids is 1. The van der Waals surface area contributed by atoms with Crippen molar-refractivity contribution in [3.05, 3.63) is 62.7 Å². The minimum absolute atomic E-state index is 0.152. The third-order valence-electron chi connectivity index (χ3n) is 4.69. The van der Waals surface area contributed by atoms with Gasteiger partial charge in [-0.3, -0.25) is 14.9 Å². The number of carbonyl (C=O) groups is 1. The summed E-state index contributed by atoms with van der Waals surface area (Å²) < 4.78 is 85.3. The number of anilines is 2. The molecule has 34 heavy (non-hydrogen) atoms. The molecule has 1 aliphatic rings. The molecule has 3 rings (SSSR count). The summed E-state index contributed by atoms with van der Waals surface area (Å²) in [4.78, 5) is 22.9. The van der Waals surface area contributed by atoms with Crippen molar-refractivity contribution in [2.24, 2.45) is 0 Å². The zero-order valence-corrected chi connectivity index (χ0v) is 17.2. The normalized spacial score (nSPS) is 18.5. The van der Waals surface area contributed by atoms with Crippen molar-refractivity contribution in [3.8, 4) is 6.07 Å². The van der Waals surface area contributed by atoms with Gasteiger partial charge in [-0.2, -0.15) is 31.6 Å². The van der Waals surface area contributed by atoms with E-state index in [1.165, 1.54) is 6.07 Å². The average molecular weight is 509 g/mol. The fraction of sp³-hybridized carbons (Fsp3) is 0.263. The highest BCUT2D eigenvalue weighted by atomic mass is 35.5. The SMILES string of the molecule is N#Cc1ccc(N2CC(C(=O)Nc3ccc([N+](=O)[O-])cc3Cl)OC2C(F)(F)F)cc1C(F)(F)F. The van der Waals surface area contributed by atoms with Crippen LogP contribution in [-0.2, 0) is 15.7 Å².